The lowest BCUT2D eigenvalue weighted by Gasteiger charge is -1.96. The van der Waals surface area contributed by atoms with Gasteiger partial charge < -0.3 is 4.79 Å². The molecule has 1 atom stereocenters. The molecule has 0 spiro atoms. The van der Waals surface area contributed by atoms with Crippen molar-refractivity contribution in [1.29, 1.82) is 5.26 Å². The highest BCUT2D eigenvalue weighted by Crippen LogP contribution is 2.26. The molecule has 0 N–H and O–H groups in total. The molecule has 2 heteroatoms. The highest BCUT2D eigenvalue weighted by molar-refractivity contribution is 5.58. The lowest BCUT2D eigenvalue weighted by atomic mass is 10.1. The standard InChI is InChI=1S/C11H9NO/c12-6-8-1-2-10-4-9(7-13)5-11(10)3-8/h1-3,7,9H,4-5H2/t9-/m0/s1. The van der Waals surface area contributed by atoms with Gasteiger partial charge in [-0.25, -0.2) is 0 Å². The fourth-order valence-electron chi connectivity index (χ4n) is 1.82. The number of benzene rings is 1. The zero-order valence-corrected chi connectivity index (χ0v) is 7.16. The first-order chi connectivity index (χ1) is 6.33. The molecule has 0 saturated heterocycles. The fraction of sp³-hybridized carbons (Fsp3) is 0.273. The molecule has 0 saturated carbocycles. The van der Waals surface area contributed by atoms with Gasteiger partial charge in [0.1, 0.15) is 6.29 Å². The lowest BCUT2D eigenvalue weighted by Crippen LogP contribution is -1.99. The number of carbonyl (C=O) groups excluding carboxylic acids is 1. The first-order valence-electron chi connectivity index (χ1n) is 4.30. The Morgan fingerprint density at radius 2 is 2.15 bits per heavy atom. The first kappa shape index (κ1) is 8.00. The van der Waals surface area contributed by atoms with Crippen LogP contribution in [-0.4, -0.2) is 6.29 Å². The van der Waals surface area contributed by atoms with E-state index in [1.807, 2.05) is 18.2 Å². The average Bonchev–Trinajstić information content (AvgIpc) is 2.58. The van der Waals surface area contributed by atoms with Crippen molar-refractivity contribution < 1.29 is 4.79 Å². The number of hydrogen-bond acceptors (Lipinski definition) is 2. The number of nitrogens with zero attached hydrogens (tertiary/aromatic N) is 1. The molecule has 13 heavy (non-hydrogen) atoms. The van der Waals surface area contributed by atoms with Gasteiger partial charge in [-0.05, 0) is 36.1 Å². The largest absolute Gasteiger partial charge is 0.303 e. The maximum absolute atomic E-state index is 10.6. The molecule has 64 valence electrons. The maximum atomic E-state index is 10.6. The van der Waals surface area contributed by atoms with E-state index < -0.39 is 0 Å². The molecule has 0 bridgehead atoms. The van der Waals surface area contributed by atoms with Crippen molar-refractivity contribution in [2.24, 2.45) is 5.92 Å². The van der Waals surface area contributed by atoms with Crippen molar-refractivity contribution in [2.45, 2.75) is 12.8 Å². The van der Waals surface area contributed by atoms with Crippen molar-refractivity contribution in [2.75, 3.05) is 0 Å². The monoisotopic (exact) mass is 171 g/mol. The summed E-state index contributed by atoms with van der Waals surface area (Å²) >= 11 is 0. The minimum atomic E-state index is 0.129. The second-order valence-electron chi connectivity index (χ2n) is 3.40. The van der Waals surface area contributed by atoms with E-state index in [2.05, 4.69) is 6.07 Å². The zero-order valence-electron chi connectivity index (χ0n) is 7.16. The Kier molecular flexibility index (Phi) is 1.86. The van der Waals surface area contributed by atoms with Gasteiger partial charge in [-0.1, -0.05) is 6.07 Å². The van der Waals surface area contributed by atoms with Crippen LogP contribution in [0.15, 0.2) is 18.2 Å². The number of carbonyl (C=O) groups is 1. The van der Waals surface area contributed by atoms with Gasteiger partial charge >= 0.3 is 0 Å². The lowest BCUT2D eigenvalue weighted by molar-refractivity contribution is -0.110. The van der Waals surface area contributed by atoms with Crippen LogP contribution in [0.4, 0.5) is 0 Å². The summed E-state index contributed by atoms with van der Waals surface area (Å²) in [7, 11) is 0. The molecule has 1 aliphatic carbocycles. The van der Waals surface area contributed by atoms with Gasteiger partial charge in [0.15, 0.2) is 0 Å². The summed E-state index contributed by atoms with van der Waals surface area (Å²) in [5.41, 5.74) is 3.07. The summed E-state index contributed by atoms with van der Waals surface area (Å²) in [5, 5.41) is 8.67. The zero-order chi connectivity index (χ0) is 9.26. The second kappa shape index (κ2) is 3.02. The van der Waals surface area contributed by atoms with E-state index in [-0.39, 0.29) is 5.92 Å². The van der Waals surface area contributed by atoms with E-state index in [0.717, 1.165) is 24.7 Å². The molecule has 0 fully saturated rings. The molecule has 0 radical (unpaired) electrons. The van der Waals surface area contributed by atoms with E-state index >= 15 is 0 Å². The molecule has 2 rings (SSSR count). The van der Waals surface area contributed by atoms with E-state index in [9.17, 15) is 4.79 Å². The van der Waals surface area contributed by atoms with Crippen LogP contribution in [0.5, 0.6) is 0 Å². The quantitative estimate of drug-likeness (QED) is 0.600. The van der Waals surface area contributed by atoms with Crippen LogP contribution in [0.2, 0.25) is 0 Å². The van der Waals surface area contributed by atoms with Gasteiger partial charge in [-0.2, -0.15) is 5.26 Å². The number of fused-ring (bicyclic) bond motifs is 1. The first-order valence-corrected chi connectivity index (χ1v) is 4.30. The fourth-order valence-corrected chi connectivity index (χ4v) is 1.82. The Morgan fingerprint density at radius 3 is 2.85 bits per heavy atom. The van der Waals surface area contributed by atoms with Crippen LogP contribution in [0.3, 0.4) is 0 Å². The highest BCUT2D eigenvalue weighted by atomic mass is 16.1. The van der Waals surface area contributed by atoms with E-state index in [1.54, 1.807) is 0 Å². The molecule has 0 aliphatic heterocycles. The maximum Gasteiger partial charge on any atom is 0.123 e. The van der Waals surface area contributed by atoms with E-state index in [0.29, 0.717) is 5.56 Å². The van der Waals surface area contributed by atoms with Gasteiger partial charge in [-0.3, -0.25) is 0 Å². The molecule has 0 heterocycles. The van der Waals surface area contributed by atoms with Crippen molar-refractivity contribution in [1.82, 2.24) is 0 Å². The number of rotatable bonds is 1. The van der Waals surface area contributed by atoms with Gasteiger partial charge in [0.2, 0.25) is 0 Å². The van der Waals surface area contributed by atoms with E-state index in [4.69, 9.17) is 5.26 Å². The average molecular weight is 171 g/mol. The summed E-state index contributed by atoms with van der Waals surface area (Å²) in [6.45, 7) is 0. The summed E-state index contributed by atoms with van der Waals surface area (Å²) in [6, 6.07) is 7.76. The van der Waals surface area contributed by atoms with Crippen molar-refractivity contribution in [3.63, 3.8) is 0 Å². The number of nitriles is 1. The van der Waals surface area contributed by atoms with Crippen LogP contribution in [-0.2, 0) is 17.6 Å². The Bertz CT molecular complexity index is 390. The molecule has 2 nitrogen and oxygen atoms in total. The van der Waals surface area contributed by atoms with Crippen molar-refractivity contribution >= 4 is 6.29 Å². The van der Waals surface area contributed by atoms with Gasteiger partial charge in [0, 0.05) is 5.92 Å². The summed E-state index contributed by atoms with van der Waals surface area (Å²) in [5.74, 6) is 0.129. The molecule has 1 aromatic rings. The number of aldehydes is 1. The Morgan fingerprint density at radius 1 is 1.38 bits per heavy atom. The minimum Gasteiger partial charge on any atom is -0.303 e. The van der Waals surface area contributed by atoms with Crippen molar-refractivity contribution in [3.8, 4) is 6.07 Å². The molecule has 0 aromatic heterocycles. The van der Waals surface area contributed by atoms with Crippen LogP contribution >= 0.6 is 0 Å². The third-order valence-electron chi connectivity index (χ3n) is 2.49. The summed E-state index contributed by atoms with van der Waals surface area (Å²) in [4.78, 5) is 10.6. The third-order valence-corrected chi connectivity index (χ3v) is 2.49. The second-order valence-corrected chi connectivity index (χ2v) is 3.40. The summed E-state index contributed by atoms with van der Waals surface area (Å²) in [6.07, 6.45) is 2.64. The van der Waals surface area contributed by atoms with Crippen LogP contribution in [0, 0.1) is 17.2 Å². The van der Waals surface area contributed by atoms with Gasteiger partial charge in [-0.15, -0.1) is 0 Å². The minimum absolute atomic E-state index is 0.129. The Balaban J connectivity index is 2.37. The molecule has 1 aromatic carbocycles. The van der Waals surface area contributed by atoms with Gasteiger partial charge in [0.25, 0.3) is 0 Å². The summed E-state index contributed by atoms with van der Waals surface area (Å²) < 4.78 is 0. The van der Waals surface area contributed by atoms with Gasteiger partial charge in [0.05, 0.1) is 11.6 Å². The van der Waals surface area contributed by atoms with Crippen LogP contribution in [0.1, 0.15) is 16.7 Å². The van der Waals surface area contributed by atoms with Crippen LogP contribution in [0.25, 0.3) is 0 Å². The van der Waals surface area contributed by atoms with Crippen LogP contribution < -0.4 is 0 Å². The number of hydrogen-bond donors (Lipinski definition) is 0. The SMILES string of the molecule is N#Cc1ccc2c(c1)C[C@@H](C=O)C2. The highest BCUT2D eigenvalue weighted by Gasteiger charge is 2.20. The third kappa shape index (κ3) is 1.33. The molecule has 0 amide bonds. The predicted octanol–water partition coefficient (Wildman–Crippen LogP) is 1.47. The van der Waals surface area contributed by atoms with Crippen molar-refractivity contribution in [3.05, 3.63) is 34.9 Å². The molecule has 0 unspecified atom stereocenters. The molecule has 1 aliphatic rings. The Labute approximate surface area is 76.8 Å². The normalized spacial score (nSPS) is 19.2. The molecular weight excluding hydrogens is 162 g/mol. The predicted molar refractivity (Wildman–Crippen MR) is 48.1 cm³/mol. The smallest absolute Gasteiger partial charge is 0.123 e. The van der Waals surface area contributed by atoms with E-state index in [1.165, 1.54) is 5.56 Å². The Hall–Kier alpha value is -1.62. The topological polar surface area (TPSA) is 40.9 Å². The molecular formula is C11H9NO.